The number of ether oxygens (including phenoxy) is 1. The first-order valence-electron chi connectivity index (χ1n) is 13.1. The second-order valence-corrected chi connectivity index (χ2v) is 12.1. The number of benzene rings is 3. The smallest absolute Gasteiger partial charge is 0.440 e. The Morgan fingerprint density at radius 3 is 2.13 bits per heavy atom. The Labute approximate surface area is 256 Å². The second-order valence-electron chi connectivity index (χ2n) is 10.2. The summed E-state index contributed by atoms with van der Waals surface area (Å²) < 4.78 is 130. The van der Waals surface area contributed by atoms with Gasteiger partial charge >= 0.3 is 12.5 Å². The van der Waals surface area contributed by atoms with E-state index < -0.39 is 56.7 Å². The van der Waals surface area contributed by atoms with E-state index in [1.54, 1.807) is 0 Å². The molecule has 0 bridgehead atoms. The van der Waals surface area contributed by atoms with E-state index in [1.165, 1.54) is 44.2 Å². The molecular formula is C30H22F7N3O5S. The summed E-state index contributed by atoms with van der Waals surface area (Å²) in [4.78, 5) is 3.88. The van der Waals surface area contributed by atoms with Crippen LogP contribution in [-0.4, -0.2) is 40.9 Å². The van der Waals surface area contributed by atoms with Crippen LogP contribution in [0, 0.1) is 19.7 Å². The van der Waals surface area contributed by atoms with Crippen LogP contribution in [-0.2, 0) is 22.6 Å². The van der Waals surface area contributed by atoms with E-state index in [0.29, 0.717) is 0 Å². The summed E-state index contributed by atoms with van der Waals surface area (Å²) in [6.45, 7) is 1.96. The highest BCUT2D eigenvalue weighted by Gasteiger charge is 2.35. The summed E-state index contributed by atoms with van der Waals surface area (Å²) in [5, 5.41) is 13.3. The normalized spacial score (nSPS) is 12.5. The molecule has 0 aliphatic carbocycles. The average Bonchev–Trinajstić information content (AvgIpc) is 3.54. The van der Waals surface area contributed by atoms with Crippen molar-refractivity contribution in [1.29, 1.82) is 0 Å². The second kappa shape index (κ2) is 11.6. The monoisotopic (exact) mass is 669 g/mol. The van der Waals surface area contributed by atoms with E-state index in [4.69, 9.17) is 4.42 Å². The van der Waals surface area contributed by atoms with Crippen LogP contribution in [0.3, 0.4) is 0 Å². The predicted molar refractivity (Wildman–Crippen MR) is 150 cm³/mol. The first kappa shape index (κ1) is 32.7. The zero-order valence-electron chi connectivity index (χ0n) is 24.0. The lowest BCUT2D eigenvalue weighted by Crippen LogP contribution is -2.16. The highest BCUT2D eigenvalue weighted by atomic mass is 32.2. The summed E-state index contributed by atoms with van der Waals surface area (Å²) in [7, 11) is -4.01. The molecule has 0 unspecified atom stereocenters. The van der Waals surface area contributed by atoms with E-state index in [0.717, 1.165) is 41.3 Å². The lowest BCUT2D eigenvalue weighted by molar-refractivity contribution is -0.274. The third-order valence-corrected chi connectivity index (χ3v) is 7.95. The fraction of sp³-hybridized carbons (Fsp3) is 0.200. The molecule has 0 aliphatic rings. The van der Waals surface area contributed by atoms with Gasteiger partial charge in [-0.25, -0.2) is 22.5 Å². The van der Waals surface area contributed by atoms with Crippen molar-refractivity contribution in [1.82, 2.24) is 14.8 Å². The number of sulfone groups is 1. The predicted octanol–water partition coefficient (Wildman–Crippen LogP) is 7.43. The van der Waals surface area contributed by atoms with Crippen LogP contribution in [0.25, 0.3) is 39.4 Å². The van der Waals surface area contributed by atoms with Crippen LogP contribution in [0.4, 0.5) is 30.7 Å². The summed E-state index contributed by atoms with van der Waals surface area (Å²) in [6.07, 6.45) is -8.87. The van der Waals surface area contributed by atoms with Gasteiger partial charge in [-0.2, -0.15) is 18.3 Å². The van der Waals surface area contributed by atoms with Crippen LogP contribution in [0.5, 0.6) is 5.75 Å². The van der Waals surface area contributed by atoms with Crippen molar-refractivity contribution in [3.05, 3.63) is 89.3 Å². The van der Waals surface area contributed by atoms with Crippen LogP contribution < -0.4 is 4.74 Å². The largest absolute Gasteiger partial charge is 0.573 e. The summed E-state index contributed by atoms with van der Waals surface area (Å²) in [5.74, 6) is -1.47. The molecule has 2 aromatic heterocycles. The minimum Gasteiger partial charge on any atom is -0.440 e. The Hall–Kier alpha value is -4.70. The van der Waals surface area contributed by atoms with Crippen molar-refractivity contribution < 1.29 is 53.4 Å². The number of nitrogens with zero attached hydrogens (tertiary/aromatic N) is 3. The molecule has 3 aromatic carbocycles. The van der Waals surface area contributed by atoms with E-state index in [2.05, 4.69) is 14.8 Å². The highest BCUT2D eigenvalue weighted by molar-refractivity contribution is 7.90. The lowest BCUT2D eigenvalue weighted by Gasteiger charge is -2.15. The van der Waals surface area contributed by atoms with E-state index in [1.807, 2.05) is 0 Å². The number of oxazole rings is 1. The molecule has 0 spiro atoms. The number of rotatable bonds is 7. The molecule has 0 aliphatic heterocycles. The number of hydrogen-bond acceptors (Lipinski definition) is 7. The van der Waals surface area contributed by atoms with Gasteiger partial charge in [0.25, 0.3) is 0 Å². The molecule has 8 nitrogen and oxygen atoms in total. The minimum absolute atomic E-state index is 0.0296. The molecule has 1 N–H and O–H groups in total. The molecule has 46 heavy (non-hydrogen) atoms. The summed E-state index contributed by atoms with van der Waals surface area (Å²) >= 11 is 0. The fourth-order valence-electron chi connectivity index (χ4n) is 4.82. The van der Waals surface area contributed by atoms with Gasteiger partial charge in [-0.05, 0) is 72.6 Å². The molecule has 5 aromatic rings. The molecule has 0 radical (unpaired) electrons. The number of aromatic nitrogens is 3. The number of hydrogen-bond donors (Lipinski definition) is 1. The molecule has 242 valence electrons. The lowest BCUT2D eigenvalue weighted by atomic mass is 9.97. The molecule has 0 atom stereocenters. The van der Waals surface area contributed by atoms with Crippen molar-refractivity contribution in [2.45, 2.75) is 37.9 Å². The van der Waals surface area contributed by atoms with Gasteiger partial charge < -0.3 is 14.3 Å². The molecule has 5 rings (SSSR count). The third kappa shape index (κ3) is 6.62. The maximum atomic E-state index is 15.0. The number of aliphatic hydroxyl groups excluding tert-OH is 1. The van der Waals surface area contributed by atoms with Crippen LogP contribution in [0.1, 0.15) is 22.8 Å². The number of alkyl halides is 6. The van der Waals surface area contributed by atoms with Crippen LogP contribution >= 0.6 is 0 Å². The van der Waals surface area contributed by atoms with E-state index in [-0.39, 0.29) is 51.0 Å². The molecular weight excluding hydrogens is 647 g/mol. The van der Waals surface area contributed by atoms with Gasteiger partial charge in [0.1, 0.15) is 17.3 Å². The minimum atomic E-state index is -4.94. The van der Waals surface area contributed by atoms with Gasteiger partial charge in [0.2, 0.25) is 0 Å². The number of halogens is 7. The Morgan fingerprint density at radius 2 is 1.57 bits per heavy atom. The zero-order chi connectivity index (χ0) is 33.8. The summed E-state index contributed by atoms with van der Waals surface area (Å²) in [5.41, 5.74) is -0.833. The number of aryl methyl sites for hydroxylation is 2. The Bertz CT molecular complexity index is 2050. The standard InChI is InChI=1S/C30H22F7N3O5S/c1-15-10-26(29(32,33)34)39-40(15)24-9-6-18(19-12-23(31)22(14-41)25(13-19)46(3,42)43)11-21(24)28-27(38-16(2)44-28)17-4-7-20(8-5-17)45-30(35,36)37/h4-13,41H,14H2,1-3H3. The molecule has 0 saturated carbocycles. The third-order valence-electron chi connectivity index (χ3n) is 6.79. The van der Waals surface area contributed by atoms with Crippen molar-refractivity contribution in [3.8, 4) is 45.1 Å². The maximum absolute atomic E-state index is 15.0. The first-order valence-corrected chi connectivity index (χ1v) is 15.0. The zero-order valence-corrected chi connectivity index (χ0v) is 24.8. The Morgan fingerprint density at radius 1 is 0.913 bits per heavy atom. The maximum Gasteiger partial charge on any atom is 0.573 e. The topological polar surface area (TPSA) is 107 Å². The van der Waals surface area contributed by atoms with Gasteiger partial charge in [0, 0.05) is 35.6 Å². The van der Waals surface area contributed by atoms with Gasteiger partial charge in [-0.3, -0.25) is 0 Å². The van der Waals surface area contributed by atoms with Crippen molar-refractivity contribution in [3.63, 3.8) is 0 Å². The molecule has 0 saturated heterocycles. The molecule has 0 amide bonds. The number of aliphatic hydroxyl groups is 1. The van der Waals surface area contributed by atoms with E-state index in [9.17, 15) is 39.9 Å². The highest BCUT2D eigenvalue weighted by Crippen LogP contribution is 2.40. The Balaban J connectivity index is 1.76. The molecule has 2 heterocycles. The van der Waals surface area contributed by atoms with Crippen LogP contribution in [0.2, 0.25) is 0 Å². The average molecular weight is 670 g/mol. The van der Waals surface area contributed by atoms with Gasteiger partial charge in [-0.1, -0.05) is 6.07 Å². The molecule has 16 heteroatoms. The van der Waals surface area contributed by atoms with Crippen molar-refractivity contribution in [2.75, 3.05) is 6.26 Å². The van der Waals surface area contributed by atoms with Gasteiger partial charge in [0.05, 0.1) is 17.2 Å². The molecule has 0 fully saturated rings. The summed E-state index contributed by atoms with van der Waals surface area (Å²) in [6, 6.07) is 11.8. The van der Waals surface area contributed by atoms with E-state index >= 15 is 4.39 Å². The first-order chi connectivity index (χ1) is 21.4. The van der Waals surface area contributed by atoms with Crippen molar-refractivity contribution >= 4 is 9.84 Å². The van der Waals surface area contributed by atoms with Gasteiger partial charge in [-0.15, -0.1) is 13.2 Å². The van der Waals surface area contributed by atoms with Gasteiger partial charge in [0.15, 0.2) is 27.2 Å². The quantitative estimate of drug-likeness (QED) is 0.180. The fourth-order valence-corrected chi connectivity index (χ4v) is 5.77. The van der Waals surface area contributed by atoms with Crippen LogP contribution in [0.15, 0.2) is 70.0 Å². The van der Waals surface area contributed by atoms with Crippen molar-refractivity contribution in [2.24, 2.45) is 0 Å². The Kier molecular flexibility index (Phi) is 8.23. The SMILES string of the molecule is Cc1nc(-c2ccc(OC(F)(F)F)cc2)c(-c2cc(-c3cc(F)c(CO)c(S(C)(=O)=O)c3)ccc2-n2nc(C(F)(F)F)cc2C)o1.